The van der Waals surface area contributed by atoms with Crippen LogP contribution in [0, 0.1) is 0 Å². The molecule has 3 amide bonds. The molecular formula is C25H36N6O6. The van der Waals surface area contributed by atoms with Gasteiger partial charge in [0, 0.05) is 12.7 Å². The Labute approximate surface area is 216 Å². The molecule has 202 valence electrons. The fourth-order valence-electron chi connectivity index (χ4n) is 3.85. The Morgan fingerprint density at radius 3 is 2.70 bits per heavy atom. The summed E-state index contributed by atoms with van der Waals surface area (Å²) in [5.41, 5.74) is 5.64. The number of nitrogens with one attached hydrogen (secondary N) is 2. The van der Waals surface area contributed by atoms with Crippen LogP contribution in [0.4, 0.5) is 5.82 Å². The van der Waals surface area contributed by atoms with Gasteiger partial charge in [-0.05, 0) is 32.3 Å². The second kappa shape index (κ2) is 13.3. The molecular weight excluding hydrogens is 480 g/mol. The highest BCUT2D eigenvalue weighted by Crippen LogP contribution is 2.18. The number of amides is 3. The molecule has 0 saturated carbocycles. The molecule has 4 N–H and O–H groups in total. The molecule has 2 aromatic rings. The van der Waals surface area contributed by atoms with Gasteiger partial charge in [0.05, 0.1) is 38.2 Å². The summed E-state index contributed by atoms with van der Waals surface area (Å²) in [5, 5.41) is 5.32. The molecule has 1 aliphatic rings. The Balaban J connectivity index is 1.58. The average Bonchev–Trinajstić information content (AvgIpc) is 3.51. The molecule has 12 heteroatoms. The van der Waals surface area contributed by atoms with Crippen molar-refractivity contribution in [3.8, 4) is 0 Å². The van der Waals surface area contributed by atoms with E-state index in [2.05, 4.69) is 20.5 Å². The van der Waals surface area contributed by atoms with Gasteiger partial charge in [0.15, 0.2) is 5.82 Å². The molecule has 2 heterocycles. The van der Waals surface area contributed by atoms with Crippen LogP contribution in [-0.4, -0.2) is 76.7 Å². The second-order valence-electron chi connectivity index (χ2n) is 9.50. The van der Waals surface area contributed by atoms with Gasteiger partial charge in [0.2, 0.25) is 11.8 Å². The third-order valence-electron chi connectivity index (χ3n) is 5.88. The van der Waals surface area contributed by atoms with Crippen LogP contribution in [-0.2, 0) is 42.0 Å². The van der Waals surface area contributed by atoms with E-state index in [1.165, 1.54) is 13.4 Å². The molecule has 0 radical (unpaired) electrons. The molecule has 12 nitrogen and oxygen atoms in total. The van der Waals surface area contributed by atoms with E-state index in [9.17, 15) is 14.4 Å². The Morgan fingerprint density at radius 1 is 1.24 bits per heavy atom. The molecule has 1 fully saturated rings. The van der Waals surface area contributed by atoms with Crippen molar-refractivity contribution in [3.63, 3.8) is 0 Å². The van der Waals surface area contributed by atoms with E-state index in [0.717, 1.165) is 18.4 Å². The lowest BCUT2D eigenvalue weighted by atomic mass is 10.1. The first-order valence-corrected chi connectivity index (χ1v) is 12.2. The van der Waals surface area contributed by atoms with Crippen molar-refractivity contribution in [3.05, 3.63) is 48.4 Å². The Morgan fingerprint density at radius 2 is 2.00 bits per heavy atom. The third kappa shape index (κ3) is 8.64. The number of imidazole rings is 1. The number of likely N-dealkylation sites (tertiary alicyclic amines) is 1. The fraction of sp³-hybridized carbons (Fsp3) is 0.520. The molecule has 0 spiro atoms. The van der Waals surface area contributed by atoms with Crippen LogP contribution >= 0.6 is 0 Å². The van der Waals surface area contributed by atoms with Crippen molar-refractivity contribution >= 4 is 23.5 Å². The average molecular weight is 517 g/mol. The quantitative estimate of drug-likeness (QED) is 0.262. The number of anilines is 1. The number of carbonyl (C=O) groups excluding carboxylic acids is 3. The highest BCUT2D eigenvalue weighted by atomic mass is 17.2. The van der Waals surface area contributed by atoms with E-state index < -0.39 is 23.4 Å². The predicted molar refractivity (Wildman–Crippen MR) is 135 cm³/mol. The summed E-state index contributed by atoms with van der Waals surface area (Å²) in [6, 6.07) is 8.44. The Bertz CT molecular complexity index is 1040. The van der Waals surface area contributed by atoms with Gasteiger partial charge in [-0.15, -0.1) is 0 Å². The molecule has 1 saturated heterocycles. The van der Waals surface area contributed by atoms with Crippen molar-refractivity contribution in [1.82, 2.24) is 19.8 Å². The number of hydrogen-bond donors (Lipinski definition) is 3. The van der Waals surface area contributed by atoms with Gasteiger partial charge >= 0.3 is 0 Å². The summed E-state index contributed by atoms with van der Waals surface area (Å²) in [6.07, 6.45) is 4.77. The number of ether oxygens (including phenoxy) is 1. The highest BCUT2D eigenvalue weighted by Gasteiger charge is 2.30. The van der Waals surface area contributed by atoms with Crippen LogP contribution in [0.15, 0.2) is 42.9 Å². The second-order valence-corrected chi connectivity index (χ2v) is 9.50. The first kappa shape index (κ1) is 28.3. The maximum atomic E-state index is 13.0. The Hall–Kier alpha value is -3.32. The van der Waals surface area contributed by atoms with Crippen LogP contribution < -0.4 is 16.4 Å². The minimum atomic E-state index is -1.18. The summed E-state index contributed by atoms with van der Waals surface area (Å²) < 4.78 is 7.29. The van der Waals surface area contributed by atoms with E-state index in [-0.39, 0.29) is 37.5 Å². The maximum absolute atomic E-state index is 13.0. The lowest BCUT2D eigenvalue weighted by molar-refractivity contribution is -0.278. The minimum Gasteiger partial charge on any atom is -0.374 e. The largest absolute Gasteiger partial charge is 0.374 e. The van der Waals surface area contributed by atoms with Crippen LogP contribution in [0.3, 0.4) is 0 Å². The number of rotatable bonds is 13. The zero-order valence-electron chi connectivity index (χ0n) is 21.5. The van der Waals surface area contributed by atoms with Gasteiger partial charge in [-0.25, -0.2) is 14.8 Å². The topological polar surface area (TPSA) is 150 Å². The number of aromatic nitrogens is 2. The predicted octanol–water partition coefficient (Wildman–Crippen LogP) is 0.830. The summed E-state index contributed by atoms with van der Waals surface area (Å²) >= 11 is 0. The number of hydrogen-bond acceptors (Lipinski definition) is 8. The number of carbonyl (C=O) groups is 3. The van der Waals surface area contributed by atoms with Crippen molar-refractivity contribution in [1.29, 1.82) is 0 Å². The first-order chi connectivity index (χ1) is 17.7. The molecule has 2 atom stereocenters. The molecule has 0 aliphatic carbocycles. The molecule has 2 unspecified atom stereocenters. The van der Waals surface area contributed by atoms with E-state index in [1.807, 2.05) is 30.3 Å². The van der Waals surface area contributed by atoms with Gasteiger partial charge in [-0.3, -0.25) is 14.4 Å². The van der Waals surface area contributed by atoms with Crippen molar-refractivity contribution in [2.45, 2.75) is 57.5 Å². The van der Waals surface area contributed by atoms with E-state index in [4.69, 9.17) is 15.4 Å². The normalized spacial score (nSPS) is 16.4. The van der Waals surface area contributed by atoms with Gasteiger partial charge in [-0.1, -0.05) is 30.3 Å². The lowest BCUT2D eigenvalue weighted by Gasteiger charge is -2.24. The maximum Gasteiger partial charge on any atom is 0.250 e. The van der Waals surface area contributed by atoms with Gasteiger partial charge < -0.3 is 30.6 Å². The molecule has 1 aromatic carbocycles. The van der Waals surface area contributed by atoms with E-state index in [0.29, 0.717) is 13.2 Å². The number of nitrogens with zero attached hydrogens (tertiary/aromatic N) is 3. The summed E-state index contributed by atoms with van der Waals surface area (Å²) in [5.74, 6) is -0.849. The van der Waals surface area contributed by atoms with Crippen molar-refractivity contribution in [2.75, 3.05) is 32.2 Å². The fourth-order valence-corrected chi connectivity index (χ4v) is 3.85. The first-order valence-electron chi connectivity index (χ1n) is 12.2. The molecule has 37 heavy (non-hydrogen) atoms. The molecule has 0 bridgehead atoms. The zero-order valence-corrected chi connectivity index (χ0v) is 21.5. The van der Waals surface area contributed by atoms with Crippen molar-refractivity contribution in [2.24, 2.45) is 5.73 Å². The van der Waals surface area contributed by atoms with Crippen LogP contribution in [0.25, 0.3) is 0 Å². The van der Waals surface area contributed by atoms with Gasteiger partial charge in [0.25, 0.3) is 5.91 Å². The monoisotopic (exact) mass is 516 g/mol. The van der Waals surface area contributed by atoms with E-state index in [1.54, 1.807) is 29.5 Å². The molecule has 3 rings (SSSR count). The van der Waals surface area contributed by atoms with E-state index >= 15 is 0 Å². The number of nitrogens with two attached hydrogens (primary N) is 1. The van der Waals surface area contributed by atoms with Gasteiger partial charge in [0.1, 0.15) is 19.2 Å². The highest BCUT2D eigenvalue weighted by molar-refractivity contribution is 5.98. The third-order valence-corrected chi connectivity index (χ3v) is 5.88. The van der Waals surface area contributed by atoms with Crippen LogP contribution in [0.2, 0.25) is 0 Å². The minimum absolute atomic E-state index is 0.0396. The number of benzene rings is 1. The zero-order chi connectivity index (χ0) is 26.8. The Kier molecular flexibility index (Phi) is 10.1. The molecule has 1 aliphatic heterocycles. The van der Waals surface area contributed by atoms with Crippen LogP contribution in [0.1, 0.15) is 32.3 Å². The van der Waals surface area contributed by atoms with Crippen LogP contribution in [0.5, 0.6) is 0 Å². The molecule has 1 aromatic heterocycles. The SMILES string of the molecule is COOCC1CCCN1C(=O)Cn1cnc(NC(=O)C(COCc2ccccc2)NC(=O)C(C)(C)N)c1. The standard InChI is InChI=1S/C25H36N6O6/c1-25(2,26)24(34)28-20(16-36-14-18-8-5-4-6-9-18)23(33)29-21-12-30(17-27-21)13-22(32)31-11-7-10-19(31)15-37-35-3/h4-6,8-9,12,17,19-20H,7,10-11,13-16,26H2,1-3H3,(H,28,34)(H,29,33). The lowest BCUT2D eigenvalue weighted by Crippen LogP contribution is -2.56. The summed E-state index contributed by atoms with van der Waals surface area (Å²) in [4.78, 5) is 53.9. The summed E-state index contributed by atoms with van der Waals surface area (Å²) in [7, 11) is 1.44. The smallest absolute Gasteiger partial charge is 0.250 e. The van der Waals surface area contributed by atoms with Crippen molar-refractivity contribution < 1.29 is 28.9 Å². The van der Waals surface area contributed by atoms with Gasteiger partial charge in [-0.2, -0.15) is 0 Å². The summed E-state index contributed by atoms with van der Waals surface area (Å²) in [6.45, 7) is 4.33.